The highest BCUT2D eigenvalue weighted by molar-refractivity contribution is 5.01. The van der Waals surface area contributed by atoms with E-state index in [-0.39, 0.29) is 0 Å². The molecule has 14 heavy (non-hydrogen) atoms. The van der Waals surface area contributed by atoms with Gasteiger partial charge in [0.2, 0.25) is 0 Å². The summed E-state index contributed by atoms with van der Waals surface area (Å²) >= 11 is 0. The topological polar surface area (TPSA) is 47.1 Å². The fourth-order valence-corrected chi connectivity index (χ4v) is 2.01. The highest BCUT2D eigenvalue weighted by Gasteiger charge is 2.19. The molecule has 2 heterocycles. The lowest BCUT2D eigenvalue weighted by atomic mass is 10.3. The summed E-state index contributed by atoms with van der Waals surface area (Å²) in [6.07, 6.45) is 3.00. The first kappa shape index (κ1) is 9.68. The molecule has 1 aliphatic rings. The van der Waals surface area contributed by atoms with Crippen LogP contribution in [0.25, 0.3) is 0 Å². The molecule has 4 heteroatoms. The molecule has 2 N–H and O–H groups in total. The number of likely N-dealkylation sites (tertiary alicyclic amines) is 1. The second-order valence-electron chi connectivity index (χ2n) is 3.92. The third-order valence-corrected chi connectivity index (χ3v) is 2.80. The van der Waals surface area contributed by atoms with Gasteiger partial charge in [0.05, 0.1) is 5.69 Å². The van der Waals surface area contributed by atoms with Crippen LogP contribution in [-0.2, 0) is 13.1 Å². The number of nitrogens with two attached hydrogens (primary N) is 1. The summed E-state index contributed by atoms with van der Waals surface area (Å²) in [4.78, 5) is 2.40. The maximum atomic E-state index is 5.86. The first-order chi connectivity index (χ1) is 6.79. The molecule has 2 rings (SSSR count). The van der Waals surface area contributed by atoms with Gasteiger partial charge in [-0.15, -0.1) is 0 Å². The zero-order valence-electron chi connectivity index (χ0n) is 8.69. The fraction of sp³-hybridized carbons (Fsp3) is 0.700. The molecule has 0 aromatic carbocycles. The van der Waals surface area contributed by atoms with E-state index in [4.69, 9.17) is 5.73 Å². The largest absolute Gasteiger partial charge is 0.326 e. The summed E-state index contributed by atoms with van der Waals surface area (Å²) in [5.41, 5.74) is 7.15. The molecule has 1 atom stereocenters. The van der Waals surface area contributed by atoms with Gasteiger partial charge in [-0.3, -0.25) is 9.58 Å². The molecule has 78 valence electrons. The van der Waals surface area contributed by atoms with Crippen LogP contribution >= 0.6 is 0 Å². The van der Waals surface area contributed by atoms with Crippen LogP contribution in [0.15, 0.2) is 12.3 Å². The third kappa shape index (κ3) is 1.96. The normalized spacial score (nSPS) is 23.1. The number of aryl methyl sites for hydroxylation is 1. The Bertz CT molecular complexity index is 294. The second kappa shape index (κ2) is 4.11. The van der Waals surface area contributed by atoms with Crippen molar-refractivity contribution in [3.05, 3.63) is 18.0 Å². The molecule has 0 radical (unpaired) electrons. The van der Waals surface area contributed by atoms with Gasteiger partial charge in [0, 0.05) is 38.4 Å². The van der Waals surface area contributed by atoms with Crippen LogP contribution in [0.2, 0.25) is 0 Å². The highest BCUT2D eigenvalue weighted by Crippen LogP contribution is 2.11. The Morgan fingerprint density at radius 2 is 2.50 bits per heavy atom. The quantitative estimate of drug-likeness (QED) is 0.759. The average molecular weight is 194 g/mol. The first-order valence-electron chi connectivity index (χ1n) is 5.28. The van der Waals surface area contributed by atoms with E-state index in [0.717, 1.165) is 32.6 Å². The molecule has 4 nitrogen and oxygen atoms in total. The van der Waals surface area contributed by atoms with E-state index < -0.39 is 0 Å². The molecule has 0 amide bonds. The van der Waals surface area contributed by atoms with Gasteiger partial charge in [0.25, 0.3) is 0 Å². The van der Waals surface area contributed by atoms with Gasteiger partial charge in [0.1, 0.15) is 0 Å². The molecule has 1 unspecified atom stereocenters. The maximum Gasteiger partial charge on any atom is 0.0524 e. The Hall–Kier alpha value is -0.870. The zero-order valence-corrected chi connectivity index (χ0v) is 8.69. The standard InChI is InChI=1S/C10H18N4/c1-2-14-10(3-5-12-14)8-13-6-4-9(11)7-13/h3,5,9H,2,4,6-8,11H2,1H3. The molecule has 1 aliphatic heterocycles. The lowest BCUT2D eigenvalue weighted by Gasteiger charge is -2.15. The van der Waals surface area contributed by atoms with Crippen molar-refractivity contribution in [3.63, 3.8) is 0 Å². The highest BCUT2D eigenvalue weighted by atomic mass is 15.3. The van der Waals surface area contributed by atoms with Gasteiger partial charge in [0.15, 0.2) is 0 Å². The van der Waals surface area contributed by atoms with Crippen LogP contribution in [0.3, 0.4) is 0 Å². The van der Waals surface area contributed by atoms with Crippen LogP contribution in [0.1, 0.15) is 19.0 Å². The van der Waals surface area contributed by atoms with Gasteiger partial charge in [-0.2, -0.15) is 5.10 Å². The van der Waals surface area contributed by atoms with Crippen molar-refractivity contribution in [3.8, 4) is 0 Å². The van der Waals surface area contributed by atoms with E-state index in [1.807, 2.05) is 10.9 Å². The Balaban J connectivity index is 1.97. The second-order valence-corrected chi connectivity index (χ2v) is 3.92. The molecule has 0 bridgehead atoms. The maximum absolute atomic E-state index is 5.86. The van der Waals surface area contributed by atoms with Crippen LogP contribution in [0, 0.1) is 0 Å². The summed E-state index contributed by atoms with van der Waals surface area (Å²) in [5.74, 6) is 0. The van der Waals surface area contributed by atoms with Crippen LogP contribution in [0.5, 0.6) is 0 Å². The Labute approximate surface area is 84.7 Å². The van der Waals surface area contributed by atoms with E-state index in [1.165, 1.54) is 5.69 Å². The lowest BCUT2D eigenvalue weighted by Crippen LogP contribution is -2.27. The minimum Gasteiger partial charge on any atom is -0.326 e. The van der Waals surface area contributed by atoms with Crippen LogP contribution < -0.4 is 5.73 Å². The van der Waals surface area contributed by atoms with E-state index in [1.54, 1.807) is 0 Å². The summed E-state index contributed by atoms with van der Waals surface area (Å²) in [7, 11) is 0. The van der Waals surface area contributed by atoms with Crippen molar-refractivity contribution in [1.82, 2.24) is 14.7 Å². The first-order valence-corrected chi connectivity index (χ1v) is 5.28. The Kier molecular flexibility index (Phi) is 2.84. The molecule has 0 spiro atoms. The fourth-order valence-electron chi connectivity index (χ4n) is 2.01. The minimum atomic E-state index is 0.369. The average Bonchev–Trinajstić information content (AvgIpc) is 2.76. The van der Waals surface area contributed by atoms with E-state index in [9.17, 15) is 0 Å². The number of rotatable bonds is 3. The number of hydrogen-bond donors (Lipinski definition) is 1. The molecular formula is C10H18N4. The minimum absolute atomic E-state index is 0.369. The number of aromatic nitrogens is 2. The van der Waals surface area contributed by atoms with Gasteiger partial charge in [-0.05, 0) is 19.4 Å². The summed E-state index contributed by atoms with van der Waals surface area (Å²) < 4.78 is 2.05. The van der Waals surface area contributed by atoms with Crippen molar-refractivity contribution in [2.24, 2.45) is 5.73 Å². The van der Waals surface area contributed by atoms with Crippen molar-refractivity contribution in [2.75, 3.05) is 13.1 Å². The van der Waals surface area contributed by atoms with Crippen molar-refractivity contribution < 1.29 is 0 Å². The van der Waals surface area contributed by atoms with Gasteiger partial charge < -0.3 is 5.73 Å². The monoisotopic (exact) mass is 194 g/mol. The molecule has 0 aliphatic carbocycles. The smallest absolute Gasteiger partial charge is 0.0524 e. The van der Waals surface area contributed by atoms with Gasteiger partial charge in [-0.1, -0.05) is 0 Å². The van der Waals surface area contributed by atoms with Crippen LogP contribution in [0.4, 0.5) is 0 Å². The Morgan fingerprint density at radius 3 is 3.14 bits per heavy atom. The summed E-state index contributed by atoms with van der Waals surface area (Å²) in [6.45, 7) is 6.20. The van der Waals surface area contributed by atoms with E-state index >= 15 is 0 Å². The third-order valence-electron chi connectivity index (χ3n) is 2.80. The van der Waals surface area contributed by atoms with Crippen molar-refractivity contribution >= 4 is 0 Å². The molecule has 1 aromatic rings. The van der Waals surface area contributed by atoms with Gasteiger partial charge in [-0.25, -0.2) is 0 Å². The number of nitrogens with zero attached hydrogens (tertiary/aromatic N) is 3. The van der Waals surface area contributed by atoms with E-state index in [0.29, 0.717) is 6.04 Å². The zero-order chi connectivity index (χ0) is 9.97. The predicted octanol–water partition coefficient (Wildman–Crippen LogP) is 0.436. The molecular weight excluding hydrogens is 176 g/mol. The lowest BCUT2D eigenvalue weighted by molar-refractivity contribution is 0.315. The van der Waals surface area contributed by atoms with Crippen molar-refractivity contribution in [1.29, 1.82) is 0 Å². The van der Waals surface area contributed by atoms with Crippen molar-refractivity contribution in [2.45, 2.75) is 32.5 Å². The molecule has 0 saturated carbocycles. The van der Waals surface area contributed by atoms with E-state index in [2.05, 4.69) is 23.0 Å². The SMILES string of the molecule is CCn1nccc1CN1CCC(N)C1. The molecule has 1 aromatic heterocycles. The summed E-state index contributed by atoms with van der Waals surface area (Å²) in [6, 6.07) is 2.46. The van der Waals surface area contributed by atoms with Gasteiger partial charge >= 0.3 is 0 Å². The molecule has 1 fully saturated rings. The van der Waals surface area contributed by atoms with Crippen LogP contribution in [-0.4, -0.2) is 33.8 Å². The number of hydrogen-bond acceptors (Lipinski definition) is 3. The predicted molar refractivity (Wildman–Crippen MR) is 55.8 cm³/mol. The summed E-state index contributed by atoms with van der Waals surface area (Å²) in [5, 5.41) is 4.25. The molecule has 1 saturated heterocycles. The Morgan fingerprint density at radius 1 is 1.64 bits per heavy atom.